The van der Waals surface area contributed by atoms with E-state index in [0.29, 0.717) is 12.3 Å². The molecule has 164 valence electrons. The maximum absolute atomic E-state index is 12.7. The first-order valence-corrected chi connectivity index (χ1v) is 12.4. The van der Waals surface area contributed by atoms with Crippen LogP contribution in [0.4, 0.5) is 5.13 Å². The van der Waals surface area contributed by atoms with E-state index in [4.69, 9.17) is 4.98 Å². The van der Waals surface area contributed by atoms with E-state index in [1.807, 2.05) is 18.2 Å². The molecule has 1 aromatic carbocycles. The van der Waals surface area contributed by atoms with Crippen molar-refractivity contribution >= 4 is 22.6 Å². The number of aromatic nitrogens is 2. The number of carbonyl (C=O) groups is 1. The third kappa shape index (κ3) is 6.79. The van der Waals surface area contributed by atoms with Crippen LogP contribution >= 0.6 is 11.5 Å². The van der Waals surface area contributed by atoms with E-state index in [1.54, 1.807) is 0 Å². The fraction of sp³-hybridized carbons (Fsp3) is 0.625. The number of piperazine rings is 1. The zero-order valence-electron chi connectivity index (χ0n) is 18.6. The molecule has 2 heterocycles. The second-order valence-corrected chi connectivity index (χ2v) is 9.14. The van der Waals surface area contributed by atoms with Gasteiger partial charge in [0.1, 0.15) is 5.82 Å². The first kappa shape index (κ1) is 22.7. The number of benzene rings is 1. The fourth-order valence-electron chi connectivity index (χ4n) is 4.10. The molecule has 0 saturated carbocycles. The molecule has 1 amide bonds. The molecule has 1 aliphatic rings. The summed E-state index contributed by atoms with van der Waals surface area (Å²) >= 11 is 1.47. The average Bonchev–Trinajstić information content (AvgIpc) is 3.22. The number of anilines is 1. The molecule has 5 nitrogen and oxygen atoms in total. The number of hydrogen-bond donors (Lipinski definition) is 0. The van der Waals surface area contributed by atoms with Gasteiger partial charge in [0, 0.05) is 50.1 Å². The molecular weight excluding hydrogens is 392 g/mol. The lowest BCUT2D eigenvalue weighted by Crippen LogP contribution is -2.54. The van der Waals surface area contributed by atoms with Crippen molar-refractivity contribution < 1.29 is 4.79 Å². The summed E-state index contributed by atoms with van der Waals surface area (Å²) < 4.78 is 4.55. The topological polar surface area (TPSA) is 49.3 Å². The molecule has 0 aliphatic carbocycles. The van der Waals surface area contributed by atoms with Gasteiger partial charge >= 0.3 is 0 Å². The van der Waals surface area contributed by atoms with Crippen LogP contribution in [0.5, 0.6) is 0 Å². The van der Waals surface area contributed by atoms with Crippen molar-refractivity contribution in [3.05, 3.63) is 41.7 Å². The Morgan fingerprint density at radius 3 is 2.53 bits per heavy atom. The van der Waals surface area contributed by atoms with Crippen LogP contribution < -0.4 is 4.90 Å². The second-order valence-electron chi connectivity index (χ2n) is 8.41. The van der Waals surface area contributed by atoms with Crippen molar-refractivity contribution in [2.24, 2.45) is 0 Å². The molecule has 0 bridgehead atoms. The van der Waals surface area contributed by atoms with E-state index < -0.39 is 0 Å². The normalized spacial score (nSPS) is 16.8. The monoisotopic (exact) mass is 428 g/mol. The summed E-state index contributed by atoms with van der Waals surface area (Å²) in [5.41, 5.74) is 1.23. The largest absolute Gasteiger partial charge is 0.343 e. The third-order valence-corrected chi connectivity index (χ3v) is 6.69. The molecule has 1 aliphatic heterocycles. The molecule has 1 unspecified atom stereocenters. The van der Waals surface area contributed by atoms with Crippen LogP contribution in [0.1, 0.15) is 76.6 Å². The van der Waals surface area contributed by atoms with E-state index >= 15 is 0 Å². The van der Waals surface area contributed by atoms with Gasteiger partial charge in [0.25, 0.3) is 0 Å². The van der Waals surface area contributed by atoms with Crippen molar-refractivity contribution in [1.82, 2.24) is 14.3 Å². The number of amides is 1. The Morgan fingerprint density at radius 1 is 1.07 bits per heavy atom. The molecule has 1 fully saturated rings. The van der Waals surface area contributed by atoms with Crippen molar-refractivity contribution in [2.75, 3.05) is 24.5 Å². The molecule has 30 heavy (non-hydrogen) atoms. The van der Waals surface area contributed by atoms with Gasteiger partial charge in [-0.1, -0.05) is 75.8 Å². The molecule has 1 atom stereocenters. The lowest BCUT2D eigenvalue weighted by molar-refractivity contribution is -0.133. The van der Waals surface area contributed by atoms with E-state index in [0.717, 1.165) is 43.4 Å². The molecule has 0 spiro atoms. The van der Waals surface area contributed by atoms with Gasteiger partial charge < -0.3 is 9.80 Å². The standard InChI is InChI=1S/C24H36N4OS/c1-3-4-5-6-7-8-12-15-23(29)28-17-16-27(19-20(28)2)24-25-22(26-30-24)18-21-13-10-9-11-14-21/h9-11,13-14,20H,3-8,12,15-19H2,1-2H3. The van der Waals surface area contributed by atoms with Gasteiger partial charge in [-0.25, -0.2) is 4.98 Å². The summed E-state index contributed by atoms with van der Waals surface area (Å²) in [5, 5.41) is 0.979. The summed E-state index contributed by atoms with van der Waals surface area (Å²) in [5.74, 6) is 1.20. The second kappa shape index (κ2) is 12.0. The van der Waals surface area contributed by atoms with Crippen LogP contribution in [0.2, 0.25) is 0 Å². The van der Waals surface area contributed by atoms with Crippen LogP contribution in [0.3, 0.4) is 0 Å². The van der Waals surface area contributed by atoms with Gasteiger partial charge in [0.2, 0.25) is 11.0 Å². The number of nitrogens with zero attached hydrogens (tertiary/aromatic N) is 4. The minimum absolute atomic E-state index is 0.220. The van der Waals surface area contributed by atoms with E-state index in [1.165, 1.54) is 55.6 Å². The van der Waals surface area contributed by atoms with Gasteiger partial charge in [-0.05, 0) is 18.9 Å². The predicted molar refractivity (Wildman–Crippen MR) is 125 cm³/mol. The van der Waals surface area contributed by atoms with Crippen LogP contribution in [0, 0.1) is 0 Å². The molecule has 2 aromatic rings. The lowest BCUT2D eigenvalue weighted by Gasteiger charge is -2.39. The Balaban J connectivity index is 1.41. The van der Waals surface area contributed by atoms with E-state index in [-0.39, 0.29) is 6.04 Å². The van der Waals surface area contributed by atoms with Gasteiger partial charge in [-0.2, -0.15) is 4.37 Å². The Morgan fingerprint density at radius 2 is 1.80 bits per heavy atom. The van der Waals surface area contributed by atoms with E-state index in [2.05, 4.69) is 40.2 Å². The summed E-state index contributed by atoms with van der Waals surface area (Å²) in [6.07, 6.45) is 10.2. The Kier molecular flexibility index (Phi) is 9.12. The molecule has 1 saturated heterocycles. The maximum atomic E-state index is 12.7. The predicted octanol–water partition coefficient (Wildman–Crippen LogP) is 5.31. The molecule has 1 aromatic heterocycles. The van der Waals surface area contributed by atoms with Gasteiger partial charge in [0.15, 0.2) is 0 Å². The zero-order valence-corrected chi connectivity index (χ0v) is 19.4. The van der Waals surface area contributed by atoms with Crippen molar-refractivity contribution in [3.8, 4) is 0 Å². The van der Waals surface area contributed by atoms with Crippen molar-refractivity contribution in [2.45, 2.75) is 77.7 Å². The van der Waals surface area contributed by atoms with E-state index in [9.17, 15) is 4.79 Å². The summed E-state index contributed by atoms with van der Waals surface area (Å²) in [6, 6.07) is 10.6. The van der Waals surface area contributed by atoms with Crippen LogP contribution in [-0.4, -0.2) is 45.8 Å². The van der Waals surface area contributed by atoms with Crippen molar-refractivity contribution in [1.29, 1.82) is 0 Å². The fourth-order valence-corrected chi connectivity index (χ4v) is 4.82. The van der Waals surface area contributed by atoms with Gasteiger partial charge in [-0.15, -0.1) is 0 Å². The van der Waals surface area contributed by atoms with Gasteiger partial charge in [0.05, 0.1) is 0 Å². The zero-order chi connectivity index (χ0) is 21.2. The molecule has 0 N–H and O–H groups in total. The van der Waals surface area contributed by atoms with Crippen LogP contribution in [0.25, 0.3) is 0 Å². The quantitative estimate of drug-likeness (QED) is 0.455. The smallest absolute Gasteiger partial charge is 0.222 e. The van der Waals surface area contributed by atoms with Crippen LogP contribution in [-0.2, 0) is 11.2 Å². The first-order valence-electron chi connectivity index (χ1n) is 11.6. The van der Waals surface area contributed by atoms with Crippen LogP contribution in [0.15, 0.2) is 30.3 Å². The third-order valence-electron chi connectivity index (χ3n) is 5.87. The lowest BCUT2D eigenvalue weighted by atomic mass is 10.1. The molecule has 6 heteroatoms. The highest BCUT2D eigenvalue weighted by molar-refractivity contribution is 7.09. The number of hydrogen-bond acceptors (Lipinski definition) is 5. The average molecular weight is 429 g/mol. The SMILES string of the molecule is CCCCCCCCCC(=O)N1CCN(c2nc(Cc3ccccc3)ns2)CC1C. The molecule has 3 rings (SSSR count). The summed E-state index contributed by atoms with van der Waals surface area (Å²) in [7, 11) is 0. The Bertz CT molecular complexity index is 764. The highest BCUT2D eigenvalue weighted by Gasteiger charge is 2.28. The highest BCUT2D eigenvalue weighted by atomic mass is 32.1. The van der Waals surface area contributed by atoms with Crippen molar-refractivity contribution in [3.63, 3.8) is 0 Å². The highest BCUT2D eigenvalue weighted by Crippen LogP contribution is 2.23. The number of unbranched alkanes of at least 4 members (excludes halogenated alkanes) is 6. The Hall–Kier alpha value is -1.95. The number of rotatable bonds is 11. The first-order chi connectivity index (χ1) is 14.7. The minimum Gasteiger partial charge on any atom is -0.343 e. The maximum Gasteiger partial charge on any atom is 0.222 e. The molecular formula is C24H36N4OS. The van der Waals surface area contributed by atoms with Gasteiger partial charge in [-0.3, -0.25) is 4.79 Å². The molecule has 0 radical (unpaired) electrons. The number of carbonyl (C=O) groups excluding carboxylic acids is 1. The summed E-state index contributed by atoms with van der Waals surface area (Å²) in [6.45, 7) is 6.86. The minimum atomic E-state index is 0.220. The Labute approximate surface area is 185 Å². The summed E-state index contributed by atoms with van der Waals surface area (Å²) in [4.78, 5) is 21.8.